The summed E-state index contributed by atoms with van der Waals surface area (Å²) < 4.78 is 13.5. The lowest BCUT2D eigenvalue weighted by Gasteiger charge is -2.21. The van der Waals surface area contributed by atoms with Gasteiger partial charge in [-0.1, -0.05) is 11.6 Å². The van der Waals surface area contributed by atoms with Gasteiger partial charge in [0.25, 0.3) is 5.91 Å². The topological polar surface area (TPSA) is 75.3 Å². The molecule has 1 atom stereocenters. The van der Waals surface area contributed by atoms with Gasteiger partial charge in [-0.05, 0) is 25.5 Å². The van der Waals surface area contributed by atoms with Crippen LogP contribution in [0.2, 0.25) is 0 Å². The lowest BCUT2D eigenvalue weighted by Crippen LogP contribution is -2.52. The van der Waals surface area contributed by atoms with Crippen molar-refractivity contribution in [1.29, 1.82) is 0 Å². The van der Waals surface area contributed by atoms with E-state index in [9.17, 15) is 18.8 Å². The molecule has 0 saturated carbocycles. The zero-order chi connectivity index (χ0) is 14.0. The van der Waals surface area contributed by atoms with Gasteiger partial charge in [0.2, 0.25) is 11.8 Å². The number of imide groups is 1. The maximum absolute atomic E-state index is 13.5. The highest BCUT2D eigenvalue weighted by molar-refractivity contribution is 6.03. The Morgan fingerprint density at radius 3 is 2.84 bits per heavy atom. The second-order valence-corrected chi connectivity index (χ2v) is 4.46. The van der Waals surface area contributed by atoms with Gasteiger partial charge < -0.3 is 5.32 Å². The molecule has 100 valence electrons. The van der Waals surface area contributed by atoms with E-state index in [0.29, 0.717) is 0 Å². The second kappa shape index (κ2) is 5.17. The number of aryl methyl sites for hydroxylation is 1. The molecule has 3 amide bonds. The average Bonchev–Trinajstić information content (AvgIpc) is 2.35. The normalized spacial score (nSPS) is 18.9. The van der Waals surface area contributed by atoms with Gasteiger partial charge in [0.1, 0.15) is 11.9 Å². The molecule has 1 aliphatic rings. The highest BCUT2D eigenvalue weighted by atomic mass is 19.1. The number of carbonyl (C=O) groups is 3. The number of nitrogens with one attached hydrogen (secondary N) is 2. The van der Waals surface area contributed by atoms with Crippen molar-refractivity contribution < 1.29 is 18.8 Å². The Hall–Kier alpha value is -2.24. The molecule has 1 saturated heterocycles. The van der Waals surface area contributed by atoms with Crippen LogP contribution in [0, 0.1) is 12.7 Å². The summed E-state index contributed by atoms with van der Waals surface area (Å²) in [6, 6.07) is 3.37. The van der Waals surface area contributed by atoms with Crippen molar-refractivity contribution in [2.24, 2.45) is 0 Å². The van der Waals surface area contributed by atoms with Gasteiger partial charge >= 0.3 is 0 Å². The van der Waals surface area contributed by atoms with Gasteiger partial charge in [0.15, 0.2) is 0 Å². The van der Waals surface area contributed by atoms with Gasteiger partial charge in [-0.25, -0.2) is 4.39 Å². The van der Waals surface area contributed by atoms with Crippen LogP contribution in [0.4, 0.5) is 4.39 Å². The molecular formula is C13H13FN2O3. The number of rotatable bonds is 2. The predicted molar refractivity (Wildman–Crippen MR) is 64.8 cm³/mol. The van der Waals surface area contributed by atoms with Crippen molar-refractivity contribution in [3.8, 4) is 0 Å². The number of carbonyl (C=O) groups excluding carboxylic acids is 3. The van der Waals surface area contributed by atoms with E-state index in [1.807, 2.05) is 0 Å². The number of amides is 3. The minimum Gasteiger partial charge on any atom is -0.340 e. The third-order valence-electron chi connectivity index (χ3n) is 2.91. The van der Waals surface area contributed by atoms with Crippen molar-refractivity contribution in [1.82, 2.24) is 10.6 Å². The van der Waals surface area contributed by atoms with Crippen LogP contribution in [0.15, 0.2) is 18.2 Å². The van der Waals surface area contributed by atoms with Crippen molar-refractivity contribution in [2.45, 2.75) is 25.8 Å². The Bertz CT molecular complexity index is 557. The second-order valence-electron chi connectivity index (χ2n) is 4.46. The molecule has 6 heteroatoms. The molecule has 1 aromatic rings. The molecule has 0 bridgehead atoms. The Morgan fingerprint density at radius 2 is 2.16 bits per heavy atom. The summed E-state index contributed by atoms with van der Waals surface area (Å²) in [6.45, 7) is 1.74. The molecule has 0 radical (unpaired) electrons. The fourth-order valence-corrected chi connectivity index (χ4v) is 1.88. The van der Waals surface area contributed by atoms with Crippen molar-refractivity contribution in [3.63, 3.8) is 0 Å². The molecule has 1 aliphatic heterocycles. The Balaban J connectivity index is 2.11. The Labute approximate surface area is 109 Å². The van der Waals surface area contributed by atoms with Gasteiger partial charge in [0, 0.05) is 6.42 Å². The lowest BCUT2D eigenvalue weighted by molar-refractivity contribution is -0.134. The van der Waals surface area contributed by atoms with Gasteiger partial charge in [-0.2, -0.15) is 0 Å². The first-order valence-corrected chi connectivity index (χ1v) is 5.88. The largest absolute Gasteiger partial charge is 0.340 e. The molecule has 1 fully saturated rings. The van der Waals surface area contributed by atoms with Crippen LogP contribution in [0.3, 0.4) is 0 Å². The molecule has 5 nitrogen and oxygen atoms in total. The van der Waals surface area contributed by atoms with E-state index in [2.05, 4.69) is 10.6 Å². The van der Waals surface area contributed by atoms with E-state index in [-0.39, 0.29) is 24.3 Å². The minimum absolute atomic E-state index is 0.107. The van der Waals surface area contributed by atoms with Crippen LogP contribution in [0.25, 0.3) is 0 Å². The lowest BCUT2D eigenvalue weighted by atomic mass is 10.0. The zero-order valence-corrected chi connectivity index (χ0v) is 10.3. The maximum Gasteiger partial charge on any atom is 0.254 e. The first-order chi connectivity index (χ1) is 8.97. The van der Waals surface area contributed by atoms with Crippen LogP contribution in [0.5, 0.6) is 0 Å². The molecule has 1 aromatic carbocycles. The monoisotopic (exact) mass is 264 g/mol. The number of piperidine rings is 1. The van der Waals surface area contributed by atoms with E-state index in [0.717, 1.165) is 5.56 Å². The van der Waals surface area contributed by atoms with Gasteiger partial charge in [-0.3, -0.25) is 19.7 Å². The van der Waals surface area contributed by atoms with Crippen LogP contribution in [-0.2, 0) is 9.59 Å². The third-order valence-corrected chi connectivity index (χ3v) is 2.91. The summed E-state index contributed by atoms with van der Waals surface area (Å²) in [5, 5.41) is 4.56. The number of benzene rings is 1. The standard InChI is InChI=1S/C13H13FN2O3/c1-7-2-3-9(14)8(6-7)12(18)15-10-4-5-11(17)16-13(10)19/h2-3,6,10H,4-5H2,1H3,(H,15,18)(H,16,17,19)/t10-/m0/s1. The number of hydrogen-bond donors (Lipinski definition) is 2. The van der Waals surface area contributed by atoms with Crippen LogP contribution in [-0.4, -0.2) is 23.8 Å². The smallest absolute Gasteiger partial charge is 0.254 e. The number of hydrogen-bond acceptors (Lipinski definition) is 3. The minimum atomic E-state index is -0.801. The molecule has 0 aromatic heterocycles. The van der Waals surface area contributed by atoms with E-state index in [1.165, 1.54) is 12.1 Å². The highest BCUT2D eigenvalue weighted by Gasteiger charge is 2.28. The summed E-state index contributed by atoms with van der Waals surface area (Å²) in [4.78, 5) is 34.3. The molecule has 0 aliphatic carbocycles. The summed E-state index contributed by atoms with van der Waals surface area (Å²) in [5.41, 5.74) is 0.638. The first kappa shape index (κ1) is 13.2. The molecule has 1 heterocycles. The quantitative estimate of drug-likeness (QED) is 0.771. The molecule has 2 rings (SSSR count). The Morgan fingerprint density at radius 1 is 1.42 bits per heavy atom. The fraction of sp³-hybridized carbons (Fsp3) is 0.308. The van der Waals surface area contributed by atoms with Gasteiger partial charge in [-0.15, -0.1) is 0 Å². The molecule has 0 spiro atoms. The molecule has 0 unspecified atom stereocenters. The fourth-order valence-electron chi connectivity index (χ4n) is 1.88. The average molecular weight is 264 g/mol. The summed E-state index contributed by atoms with van der Waals surface area (Å²) in [6.07, 6.45) is 0.386. The van der Waals surface area contributed by atoms with Gasteiger partial charge in [0.05, 0.1) is 5.56 Å². The van der Waals surface area contributed by atoms with Crippen LogP contribution < -0.4 is 10.6 Å². The SMILES string of the molecule is Cc1ccc(F)c(C(=O)N[C@H]2CCC(=O)NC2=O)c1. The molecule has 2 N–H and O–H groups in total. The van der Waals surface area contributed by atoms with Crippen LogP contribution in [0.1, 0.15) is 28.8 Å². The molecular weight excluding hydrogens is 251 g/mol. The van der Waals surface area contributed by atoms with Crippen molar-refractivity contribution in [2.75, 3.05) is 0 Å². The third kappa shape index (κ3) is 2.96. The highest BCUT2D eigenvalue weighted by Crippen LogP contribution is 2.11. The summed E-state index contributed by atoms with van der Waals surface area (Å²) >= 11 is 0. The number of halogens is 1. The Kier molecular flexibility index (Phi) is 3.59. The van der Waals surface area contributed by atoms with E-state index < -0.39 is 23.7 Å². The first-order valence-electron chi connectivity index (χ1n) is 5.88. The van der Waals surface area contributed by atoms with Crippen molar-refractivity contribution >= 4 is 17.7 Å². The van der Waals surface area contributed by atoms with Crippen LogP contribution >= 0.6 is 0 Å². The summed E-state index contributed by atoms with van der Waals surface area (Å²) in [5.74, 6) is -2.22. The predicted octanol–water partition coefficient (Wildman–Crippen LogP) is 0.669. The van der Waals surface area contributed by atoms with E-state index in [1.54, 1.807) is 13.0 Å². The zero-order valence-electron chi connectivity index (χ0n) is 10.3. The summed E-state index contributed by atoms with van der Waals surface area (Å²) in [7, 11) is 0. The maximum atomic E-state index is 13.5. The van der Waals surface area contributed by atoms with E-state index in [4.69, 9.17) is 0 Å². The molecule has 19 heavy (non-hydrogen) atoms. The van der Waals surface area contributed by atoms with E-state index >= 15 is 0 Å². The van der Waals surface area contributed by atoms with Crippen molar-refractivity contribution in [3.05, 3.63) is 35.1 Å².